The molecule has 1 aromatic carbocycles. The number of H-pyrrole nitrogens is 1. The standard InChI is InChI=1S/C20H18N4O2/c1-12-10-24(8-6-18(12)25)17-4-3-13(21)9-15(17)16-11-23(2)20(26)19-14(16)5-7-22-19/h3-11,22H,21H2,1-2H3. The van der Waals surface area contributed by atoms with E-state index in [1.54, 1.807) is 43.2 Å². The maximum absolute atomic E-state index is 12.3. The minimum absolute atomic E-state index is 0.00613. The zero-order valence-corrected chi connectivity index (χ0v) is 14.5. The number of nitrogens with zero attached hydrogens (tertiary/aromatic N) is 2. The Kier molecular flexibility index (Phi) is 3.54. The van der Waals surface area contributed by atoms with Crippen LogP contribution in [0.4, 0.5) is 5.69 Å². The van der Waals surface area contributed by atoms with Crippen LogP contribution in [-0.4, -0.2) is 14.1 Å². The molecule has 6 heteroatoms. The summed E-state index contributed by atoms with van der Waals surface area (Å²) in [6.45, 7) is 1.78. The minimum Gasteiger partial charge on any atom is -0.399 e. The number of aromatic amines is 1. The average molecular weight is 346 g/mol. The summed E-state index contributed by atoms with van der Waals surface area (Å²) in [6, 6.07) is 9.05. The summed E-state index contributed by atoms with van der Waals surface area (Å²) in [4.78, 5) is 27.1. The third-order valence-corrected chi connectivity index (χ3v) is 4.59. The quantitative estimate of drug-likeness (QED) is 0.547. The first-order valence-electron chi connectivity index (χ1n) is 8.21. The van der Waals surface area contributed by atoms with E-state index in [0.717, 1.165) is 22.2 Å². The Morgan fingerprint density at radius 2 is 1.85 bits per heavy atom. The Hall–Kier alpha value is -3.54. The molecule has 0 aliphatic heterocycles. The van der Waals surface area contributed by atoms with Crippen molar-refractivity contribution in [1.82, 2.24) is 14.1 Å². The summed E-state index contributed by atoms with van der Waals surface area (Å²) in [6.07, 6.45) is 7.10. The lowest BCUT2D eigenvalue weighted by Gasteiger charge is -2.16. The second-order valence-electron chi connectivity index (χ2n) is 6.40. The highest BCUT2D eigenvalue weighted by Gasteiger charge is 2.14. The van der Waals surface area contributed by atoms with Crippen molar-refractivity contribution in [2.45, 2.75) is 6.92 Å². The molecule has 0 saturated carbocycles. The molecule has 4 aromatic rings. The molecule has 6 nitrogen and oxygen atoms in total. The fourth-order valence-corrected chi connectivity index (χ4v) is 3.22. The van der Waals surface area contributed by atoms with Gasteiger partial charge in [-0.25, -0.2) is 0 Å². The fraction of sp³-hybridized carbons (Fsp3) is 0.100. The number of benzene rings is 1. The van der Waals surface area contributed by atoms with Gasteiger partial charge in [-0.1, -0.05) is 0 Å². The molecular weight excluding hydrogens is 328 g/mol. The number of rotatable bonds is 2. The maximum Gasteiger partial charge on any atom is 0.274 e. The normalized spacial score (nSPS) is 11.2. The molecule has 26 heavy (non-hydrogen) atoms. The van der Waals surface area contributed by atoms with Gasteiger partial charge in [0, 0.05) is 65.7 Å². The van der Waals surface area contributed by atoms with Gasteiger partial charge in [-0.3, -0.25) is 9.59 Å². The molecule has 0 bridgehead atoms. The van der Waals surface area contributed by atoms with E-state index in [1.165, 1.54) is 0 Å². The maximum atomic E-state index is 12.3. The molecule has 3 heterocycles. The van der Waals surface area contributed by atoms with Gasteiger partial charge in [-0.15, -0.1) is 0 Å². The van der Waals surface area contributed by atoms with Crippen LogP contribution in [0.5, 0.6) is 0 Å². The molecule has 0 aliphatic carbocycles. The second-order valence-corrected chi connectivity index (χ2v) is 6.40. The fourth-order valence-electron chi connectivity index (χ4n) is 3.22. The number of nitrogen functional groups attached to an aromatic ring is 1. The van der Waals surface area contributed by atoms with Crippen molar-refractivity contribution in [2.24, 2.45) is 7.05 Å². The number of aryl methyl sites for hydroxylation is 2. The van der Waals surface area contributed by atoms with E-state index in [0.29, 0.717) is 16.8 Å². The van der Waals surface area contributed by atoms with Gasteiger partial charge in [0.15, 0.2) is 5.43 Å². The van der Waals surface area contributed by atoms with E-state index in [4.69, 9.17) is 5.73 Å². The molecule has 0 saturated heterocycles. The second kappa shape index (κ2) is 5.77. The Bertz CT molecular complexity index is 1260. The van der Waals surface area contributed by atoms with Crippen LogP contribution in [0.15, 0.2) is 64.7 Å². The molecule has 4 rings (SSSR count). The SMILES string of the molecule is Cc1cn(-c2ccc(N)cc2-c2cn(C)c(=O)c3[nH]ccc23)ccc1=O. The Balaban J connectivity index is 2.07. The van der Waals surface area contributed by atoms with Gasteiger partial charge in [0.25, 0.3) is 5.56 Å². The van der Waals surface area contributed by atoms with Gasteiger partial charge in [0.1, 0.15) is 5.52 Å². The van der Waals surface area contributed by atoms with E-state index in [2.05, 4.69) is 4.98 Å². The van der Waals surface area contributed by atoms with E-state index < -0.39 is 0 Å². The summed E-state index contributed by atoms with van der Waals surface area (Å²) in [5.41, 5.74) is 10.4. The molecular formula is C20H18N4O2. The highest BCUT2D eigenvalue weighted by Crippen LogP contribution is 2.32. The first-order chi connectivity index (χ1) is 12.5. The summed E-state index contributed by atoms with van der Waals surface area (Å²) < 4.78 is 3.45. The number of nitrogens with two attached hydrogens (primary N) is 1. The Labute approximate surface area is 149 Å². The highest BCUT2D eigenvalue weighted by atomic mass is 16.1. The number of fused-ring (bicyclic) bond motifs is 1. The summed E-state index contributed by atoms with van der Waals surface area (Å²) in [5.74, 6) is 0. The van der Waals surface area contributed by atoms with Crippen LogP contribution in [0, 0.1) is 6.92 Å². The summed E-state index contributed by atoms with van der Waals surface area (Å²) in [7, 11) is 1.72. The van der Waals surface area contributed by atoms with Crippen molar-refractivity contribution in [1.29, 1.82) is 0 Å². The lowest BCUT2D eigenvalue weighted by molar-refractivity contribution is 0.871. The first-order valence-corrected chi connectivity index (χ1v) is 8.21. The third-order valence-electron chi connectivity index (χ3n) is 4.59. The first kappa shape index (κ1) is 16.0. The lowest BCUT2D eigenvalue weighted by atomic mass is 10.0. The molecule has 3 N–H and O–H groups in total. The van der Waals surface area contributed by atoms with Crippen molar-refractivity contribution >= 4 is 16.6 Å². The number of anilines is 1. The van der Waals surface area contributed by atoms with E-state index in [1.807, 2.05) is 35.0 Å². The van der Waals surface area contributed by atoms with Crippen LogP contribution in [0.25, 0.3) is 27.7 Å². The number of hydrogen-bond donors (Lipinski definition) is 2. The number of aromatic nitrogens is 3. The molecule has 0 fully saturated rings. The predicted octanol–water partition coefficient (Wildman–Crippen LogP) is 2.58. The predicted molar refractivity (Wildman–Crippen MR) is 104 cm³/mol. The van der Waals surface area contributed by atoms with Crippen LogP contribution in [0.3, 0.4) is 0 Å². The van der Waals surface area contributed by atoms with E-state index in [9.17, 15) is 9.59 Å². The summed E-state index contributed by atoms with van der Waals surface area (Å²) >= 11 is 0. The zero-order valence-electron chi connectivity index (χ0n) is 14.5. The van der Waals surface area contributed by atoms with Crippen LogP contribution in [0.2, 0.25) is 0 Å². The monoisotopic (exact) mass is 346 g/mol. The molecule has 0 aliphatic rings. The topological polar surface area (TPSA) is 85.8 Å². The van der Waals surface area contributed by atoms with Gasteiger partial charge in [-0.2, -0.15) is 0 Å². The number of nitrogens with one attached hydrogen (secondary N) is 1. The molecule has 3 aromatic heterocycles. The van der Waals surface area contributed by atoms with Gasteiger partial charge in [0.05, 0.1) is 5.69 Å². The molecule has 0 radical (unpaired) electrons. The van der Waals surface area contributed by atoms with Crippen LogP contribution >= 0.6 is 0 Å². The molecule has 0 unspecified atom stereocenters. The van der Waals surface area contributed by atoms with Crippen LogP contribution in [0.1, 0.15) is 5.56 Å². The van der Waals surface area contributed by atoms with Crippen LogP contribution < -0.4 is 16.7 Å². The third kappa shape index (κ3) is 2.43. The summed E-state index contributed by atoms with van der Waals surface area (Å²) in [5, 5.41) is 0.831. The number of pyridine rings is 2. The zero-order chi connectivity index (χ0) is 18.4. The lowest BCUT2D eigenvalue weighted by Crippen LogP contribution is -2.16. The average Bonchev–Trinajstić information content (AvgIpc) is 3.10. The van der Waals surface area contributed by atoms with Gasteiger partial charge in [0.2, 0.25) is 0 Å². The molecule has 0 atom stereocenters. The van der Waals surface area contributed by atoms with Gasteiger partial charge < -0.3 is 19.9 Å². The van der Waals surface area contributed by atoms with Crippen molar-refractivity contribution in [3.8, 4) is 16.8 Å². The van der Waals surface area contributed by atoms with Crippen molar-refractivity contribution in [3.63, 3.8) is 0 Å². The molecule has 0 amide bonds. The van der Waals surface area contributed by atoms with E-state index in [-0.39, 0.29) is 11.0 Å². The van der Waals surface area contributed by atoms with Crippen molar-refractivity contribution in [2.75, 3.05) is 5.73 Å². The van der Waals surface area contributed by atoms with Gasteiger partial charge >= 0.3 is 0 Å². The smallest absolute Gasteiger partial charge is 0.274 e. The van der Waals surface area contributed by atoms with Crippen molar-refractivity contribution in [3.05, 3.63) is 81.3 Å². The molecule has 0 spiro atoms. The Morgan fingerprint density at radius 1 is 1.04 bits per heavy atom. The number of hydrogen-bond acceptors (Lipinski definition) is 3. The van der Waals surface area contributed by atoms with Crippen molar-refractivity contribution < 1.29 is 0 Å². The largest absolute Gasteiger partial charge is 0.399 e. The highest BCUT2D eigenvalue weighted by molar-refractivity contribution is 5.97. The Morgan fingerprint density at radius 3 is 2.62 bits per heavy atom. The van der Waals surface area contributed by atoms with E-state index >= 15 is 0 Å². The molecule has 130 valence electrons. The minimum atomic E-state index is -0.0848. The van der Waals surface area contributed by atoms with Crippen LogP contribution in [-0.2, 0) is 7.05 Å². The van der Waals surface area contributed by atoms with Gasteiger partial charge in [-0.05, 0) is 31.2 Å².